The van der Waals surface area contributed by atoms with Crippen LogP contribution in [0.2, 0.25) is 0 Å². The smallest absolute Gasteiger partial charge is 0.410 e. The van der Waals surface area contributed by atoms with Crippen LogP contribution in [0.15, 0.2) is 48.5 Å². The van der Waals surface area contributed by atoms with Crippen LogP contribution >= 0.6 is 0 Å². The van der Waals surface area contributed by atoms with E-state index in [4.69, 9.17) is 4.74 Å². The highest BCUT2D eigenvalue weighted by Crippen LogP contribution is 2.29. The number of carbonyl (C=O) groups excluding carboxylic acids is 1. The van der Waals surface area contributed by atoms with Crippen LogP contribution in [0.25, 0.3) is 11.0 Å². The summed E-state index contributed by atoms with van der Waals surface area (Å²) in [5.74, 6) is -0.0483. The fraction of sp³-hybridized carbons (Fsp3) is 0.286. The zero-order valence-corrected chi connectivity index (χ0v) is 15.3. The lowest BCUT2D eigenvalue weighted by atomic mass is 9.96. The number of aromatic amines is 1. The number of fused-ring (bicyclic) bond motifs is 1. The number of amides is 1. The molecule has 144 valence electrons. The van der Waals surface area contributed by atoms with Crippen molar-refractivity contribution >= 4 is 23.1 Å². The summed E-state index contributed by atoms with van der Waals surface area (Å²) in [5.41, 5.74) is 2.36. The largest absolute Gasteiger partial charge is 0.478 e. The van der Waals surface area contributed by atoms with Gasteiger partial charge in [-0.3, -0.25) is 0 Å². The third-order valence-corrected chi connectivity index (χ3v) is 5.11. The lowest BCUT2D eigenvalue weighted by molar-refractivity contribution is 0.0698. The third kappa shape index (κ3) is 3.69. The number of imidazole rings is 1. The Morgan fingerprint density at radius 3 is 2.57 bits per heavy atom. The highest BCUT2D eigenvalue weighted by atomic mass is 16.6. The number of carboxylic acids is 1. The van der Waals surface area contributed by atoms with Crippen molar-refractivity contribution in [2.75, 3.05) is 13.1 Å². The summed E-state index contributed by atoms with van der Waals surface area (Å²) in [7, 11) is 0. The van der Waals surface area contributed by atoms with Gasteiger partial charge in [0.2, 0.25) is 0 Å². The van der Waals surface area contributed by atoms with Gasteiger partial charge in [-0.05, 0) is 30.5 Å². The van der Waals surface area contributed by atoms with E-state index in [0.29, 0.717) is 18.6 Å². The number of rotatable bonds is 4. The molecule has 1 amide bonds. The van der Waals surface area contributed by atoms with Crippen LogP contribution in [0, 0.1) is 0 Å². The molecule has 0 bridgehead atoms. The molecule has 1 aliphatic heterocycles. The van der Waals surface area contributed by atoms with Crippen LogP contribution in [0.3, 0.4) is 0 Å². The quantitative estimate of drug-likeness (QED) is 0.719. The molecular weight excluding hydrogens is 358 g/mol. The van der Waals surface area contributed by atoms with Crippen molar-refractivity contribution in [3.63, 3.8) is 0 Å². The second kappa shape index (κ2) is 7.72. The van der Waals surface area contributed by atoms with Gasteiger partial charge >= 0.3 is 12.1 Å². The van der Waals surface area contributed by atoms with E-state index < -0.39 is 5.97 Å². The number of benzene rings is 2. The molecule has 2 aromatic carbocycles. The van der Waals surface area contributed by atoms with E-state index in [0.717, 1.165) is 29.7 Å². The Hall–Kier alpha value is -3.35. The maximum atomic E-state index is 12.3. The van der Waals surface area contributed by atoms with Crippen LogP contribution in [0.4, 0.5) is 4.79 Å². The maximum absolute atomic E-state index is 12.3. The van der Waals surface area contributed by atoms with Gasteiger partial charge in [0.05, 0.1) is 11.1 Å². The number of carboxylic acid groups (broad SMARTS) is 1. The molecule has 3 aromatic rings. The minimum absolute atomic E-state index is 0.159. The van der Waals surface area contributed by atoms with Gasteiger partial charge in [-0.1, -0.05) is 36.4 Å². The van der Waals surface area contributed by atoms with Crippen molar-refractivity contribution in [3.8, 4) is 0 Å². The topological polar surface area (TPSA) is 95.5 Å². The Bertz CT molecular complexity index is 991. The molecule has 0 radical (unpaired) electrons. The molecule has 1 aliphatic rings. The van der Waals surface area contributed by atoms with Gasteiger partial charge in [-0.15, -0.1) is 0 Å². The number of hydrogen-bond acceptors (Lipinski definition) is 4. The summed E-state index contributed by atoms with van der Waals surface area (Å²) < 4.78 is 5.40. The third-order valence-electron chi connectivity index (χ3n) is 5.11. The first-order valence-electron chi connectivity index (χ1n) is 9.29. The van der Waals surface area contributed by atoms with Gasteiger partial charge in [-0.2, -0.15) is 0 Å². The molecule has 7 heteroatoms. The van der Waals surface area contributed by atoms with Crippen molar-refractivity contribution < 1.29 is 19.4 Å². The van der Waals surface area contributed by atoms with E-state index in [2.05, 4.69) is 9.97 Å². The van der Waals surface area contributed by atoms with E-state index in [1.807, 2.05) is 36.4 Å². The lowest BCUT2D eigenvalue weighted by Gasteiger charge is -2.30. The molecule has 7 nitrogen and oxygen atoms in total. The van der Waals surface area contributed by atoms with E-state index in [1.54, 1.807) is 17.0 Å². The number of aromatic nitrogens is 2. The van der Waals surface area contributed by atoms with Gasteiger partial charge < -0.3 is 19.7 Å². The number of piperidine rings is 1. The number of para-hydroxylation sites is 1. The van der Waals surface area contributed by atoms with Gasteiger partial charge in [0.1, 0.15) is 17.9 Å². The minimum atomic E-state index is -0.986. The minimum Gasteiger partial charge on any atom is -0.478 e. The fourth-order valence-electron chi connectivity index (χ4n) is 3.56. The highest BCUT2D eigenvalue weighted by Gasteiger charge is 2.27. The van der Waals surface area contributed by atoms with Gasteiger partial charge in [0.15, 0.2) is 0 Å². The van der Waals surface area contributed by atoms with Gasteiger partial charge in [0, 0.05) is 19.0 Å². The Morgan fingerprint density at radius 2 is 1.86 bits per heavy atom. The van der Waals surface area contributed by atoms with Crippen molar-refractivity contribution in [3.05, 3.63) is 65.5 Å². The number of likely N-dealkylation sites (tertiary alicyclic amines) is 1. The van der Waals surface area contributed by atoms with Crippen molar-refractivity contribution in [2.24, 2.45) is 0 Å². The number of hydrogen-bond donors (Lipinski definition) is 2. The fourth-order valence-corrected chi connectivity index (χ4v) is 3.56. The van der Waals surface area contributed by atoms with Crippen LogP contribution in [0.1, 0.15) is 40.5 Å². The van der Waals surface area contributed by atoms with Crippen LogP contribution in [-0.2, 0) is 11.3 Å². The molecule has 1 aromatic heterocycles. The second-order valence-electron chi connectivity index (χ2n) is 6.93. The monoisotopic (exact) mass is 379 g/mol. The average Bonchev–Trinajstić information content (AvgIpc) is 3.17. The first-order valence-corrected chi connectivity index (χ1v) is 9.29. The Morgan fingerprint density at radius 1 is 1.11 bits per heavy atom. The summed E-state index contributed by atoms with van der Waals surface area (Å²) in [6.07, 6.45) is 1.20. The molecule has 0 saturated carbocycles. The molecule has 0 spiro atoms. The molecule has 0 atom stereocenters. The maximum Gasteiger partial charge on any atom is 0.410 e. The number of ether oxygens (including phenoxy) is 1. The molecule has 4 rings (SSSR count). The summed E-state index contributed by atoms with van der Waals surface area (Å²) in [6.45, 7) is 1.43. The normalized spacial score (nSPS) is 14.9. The van der Waals surface area contributed by atoms with Crippen LogP contribution in [-0.4, -0.2) is 45.1 Å². The molecule has 1 fully saturated rings. The number of H-pyrrole nitrogens is 1. The number of aromatic carboxylic acids is 1. The number of carbonyl (C=O) groups is 2. The van der Waals surface area contributed by atoms with Gasteiger partial charge in [0.25, 0.3) is 0 Å². The molecule has 0 aliphatic carbocycles. The molecule has 2 N–H and O–H groups in total. The highest BCUT2D eigenvalue weighted by molar-refractivity contribution is 6.00. The van der Waals surface area contributed by atoms with Crippen molar-refractivity contribution in [1.82, 2.24) is 14.9 Å². The standard InChI is InChI=1S/C21H21N3O4/c25-20(26)16-7-4-8-17-18(16)23-19(22-17)15-9-11-24(12-10-15)21(27)28-13-14-5-2-1-3-6-14/h1-8,15H,9-13H2,(H,22,23)(H,25,26). The van der Waals surface area contributed by atoms with E-state index in [1.165, 1.54) is 0 Å². The predicted octanol–water partition coefficient (Wildman–Crippen LogP) is 3.78. The first kappa shape index (κ1) is 18.0. The van der Waals surface area contributed by atoms with Crippen LogP contribution in [0.5, 0.6) is 0 Å². The van der Waals surface area contributed by atoms with Crippen LogP contribution < -0.4 is 0 Å². The van der Waals surface area contributed by atoms with Crippen molar-refractivity contribution in [2.45, 2.75) is 25.4 Å². The molecule has 1 saturated heterocycles. The van der Waals surface area contributed by atoms with Crippen molar-refractivity contribution in [1.29, 1.82) is 0 Å². The molecule has 0 unspecified atom stereocenters. The molecule has 2 heterocycles. The zero-order chi connectivity index (χ0) is 19.5. The number of nitrogens with one attached hydrogen (secondary N) is 1. The summed E-state index contributed by atoms with van der Waals surface area (Å²) in [5, 5.41) is 9.32. The SMILES string of the molecule is O=C(O)c1cccc2[nH]c(C3CCN(C(=O)OCc4ccccc4)CC3)nc12. The number of nitrogens with zero attached hydrogens (tertiary/aromatic N) is 2. The van der Waals surface area contributed by atoms with E-state index in [-0.39, 0.29) is 24.2 Å². The summed E-state index contributed by atoms with van der Waals surface area (Å²) in [4.78, 5) is 33.1. The first-order chi connectivity index (χ1) is 13.6. The Labute approximate surface area is 162 Å². The zero-order valence-electron chi connectivity index (χ0n) is 15.3. The average molecular weight is 379 g/mol. The second-order valence-corrected chi connectivity index (χ2v) is 6.93. The Kier molecular flexibility index (Phi) is 4.97. The predicted molar refractivity (Wildman–Crippen MR) is 103 cm³/mol. The summed E-state index contributed by atoms with van der Waals surface area (Å²) in [6, 6.07) is 14.7. The lowest BCUT2D eigenvalue weighted by Crippen LogP contribution is -2.38. The van der Waals surface area contributed by atoms with Gasteiger partial charge in [-0.25, -0.2) is 14.6 Å². The van der Waals surface area contributed by atoms with E-state index >= 15 is 0 Å². The molecule has 28 heavy (non-hydrogen) atoms. The van der Waals surface area contributed by atoms with E-state index in [9.17, 15) is 14.7 Å². The molecular formula is C21H21N3O4. The summed E-state index contributed by atoms with van der Waals surface area (Å²) >= 11 is 0. The Balaban J connectivity index is 1.37.